The molecule has 0 aromatic heterocycles. The smallest absolute Gasteiger partial charge is 0.406 e. The number of amides is 2. The monoisotopic (exact) mass is 452 g/mol. The fourth-order valence-corrected chi connectivity index (χ4v) is 4.44. The fraction of sp³-hybridized carbons (Fsp3) is 0.545. The van der Waals surface area contributed by atoms with E-state index >= 15 is 0 Å². The number of ether oxygens (including phenoxy) is 1. The van der Waals surface area contributed by atoms with Crippen molar-refractivity contribution in [3.05, 3.63) is 29.8 Å². The van der Waals surface area contributed by atoms with Crippen LogP contribution in [0.3, 0.4) is 0 Å². The van der Waals surface area contributed by atoms with E-state index in [1.807, 2.05) is 11.9 Å². The van der Waals surface area contributed by atoms with Gasteiger partial charge in [0.15, 0.2) is 0 Å². The van der Waals surface area contributed by atoms with Gasteiger partial charge in [-0.3, -0.25) is 19.4 Å². The van der Waals surface area contributed by atoms with Gasteiger partial charge >= 0.3 is 6.36 Å². The summed E-state index contributed by atoms with van der Waals surface area (Å²) in [6, 6.07) is 5.33. The van der Waals surface area contributed by atoms with Crippen molar-refractivity contribution >= 4 is 11.8 Å². The van der Waals surface area contributed by atoms with Gasteiger partial charge in [-0.15, -0.1) is 19.6 Å². The quantitative estimate of drug-likeness (QED) is 0.614. The summed E-state index contributed by atoms with van der Waals surface area (Å²) in [6.07, 6.45) is 2.02. The number of alkyl halides is 3. The Labute approximate surface area is 185 Å². The number of hydrogen-bond donors (Lipinski definition) is 2. The Morgan fingerprint density at radius 2 is 2.19 bits per heavy atom. The average molecular weight is 452 g/mol. The molecule has 2 amide bonds. The lowest BCUT2D eigenvalue weighted by atomic mass is 10.0. The van der Waals surface area contributed by atoms with Crippen molar-refractivity contribution < 1.29 is 27.5 Å². The summed E-state index contributed by atoms with van der Waals surface area (Å²) in [5.41, 5.74) is 0.633. The summed E-state index contributed by atoms with van der Waals surface area (Å²) in [7, 11) is 1.95. The molecule has 0 saturated carbocycles. The summed E-state index contributed by atoms with van der Waals surface area (Å²) in [4.78, 5) is 28.9. The summed E-state index contributed by atoms with van der Waals surface area (Å²) < 4.78 is 41.6. The lowest BCUT2D eigenvalue weighted by molar-refractivity contribution is -0.274. The van der Waals surface area contributed by atoms with Gasteiger partial charge in [-0.1, -0.05) is 18.1 Å². The Kier molecular flexibility index (Phi) is 7.64. The predicted molar refractivity (Wildman–Crippen MR) is 111 cm³/mol. The highest BCUT2D eigenvalue weighted by molar-refractivity contribution is 5.83. The summed E-state index contributed by atoms with van der Waals surface area (Å²) in [6.45, 7) is 1.57. The molecule has 2 saturated heterocycles. The average Bonchev–Trinajstić information content (AvgIpc) is 3.09. The first-order valence-corrected chi connectivity index (χ1v) is 10.5. The number of halogens is 3. The Balaban J connectivity index is 1.65. The van der Waals surface area contributed by atoms with Crippen LogP contribution in [0.25, 0.3) is 0 Å². The highest BCUT2D eigenvalue weighted by Crippen LogP contribution is 2.30. The first-order valence-electron chi connectivity index (χ1n) is 10.5. The third-order valence-electron chi connectivity index (χ3n) is 5.96. The zero-order valence-corrected chi connectivity index (χ0v) is 17.8. The molecule has 3 unspecified atom stereocenters. The first kappa shape index (κ1) is 23.9. The number of rotatable bonds is 7. The van der Waals surface area contributed by atoms with Crippen LogP contribution >= 0.6 is 0 Å². The van der Waals surface area contributed by atoms with E-state index in [1.54, 1.807) is 6.07 Å². The minimum Gasteiger partial charge on any atom is -0.406 e. The van der Waals surface area contributed by atoms with Crippen molar-refractivity contribution in [3.63, 3.8) is 0 Å². The molecule has 7 nitrogen and oxygen atoms in total. The zero-order valence-electron chi connectivity index (χ0n) is 17.8. The molecule has 2 aliphatic heterocycles. The number of nitrogens with zero attached hydrogens (tertiary/aromatic N) is 2. The van der Waals surface area contributed by atoms with Crippen LogP contribution in [0.4, 0.5) is 13.2 Å². The molecule has 2 N–H and O–H groups in total. The summed E-state index contributed by atoms with van der Waals surface area (Å²) in [5, 5.41) is 5.60. The molecule has 1 aromatic carbocycles. The molecule has 0 aliphatic carbocycles. The SMILES string of the molecule is C#CCNC(=O)CCC1CNC(=O)C2C(CCN2Cc2cccc(OC(F)(F)F)c2)N1C. The molecule has 2 aliphatic rings. The second kappa shape index (κ2) is 10.2. The number of carbonyl (C=O) groups is 2. The fourth-order valence-electron chi connectivity index (χ4n) is 4.44. The highest BCUT2D eigenvalue weighted by Gasteiger charge is 2.45. The number of carbonyl (C=O) groups excluding carboxylic acids is 2. The van der Waals surface area contributed by atoms with E-state index in [0.29, 0.717) is 38.0 Å². The highest BCUT2D eigenvalue weighted by atomic mass is 19.4. The van der Waals surface area contributed by atoms with Crippen molar-refractivity contribution in [2.45, 2.75) is 50.3 Å². The van der Waals surface area contributed by atoms with Crippen LogP contribution in [-0.2, 0) is 16.1 Å². The molecule has 0 bridgehead atoms. The molecular formula is C22H27F3N4O3. The van der Waals surface area contributed by atoms with Crippen LogP contribution in [0.2, 0.25) is 0 Å². The van der Waals surface area contributed by atoms with Crippen LogP contribution in [0.1, 0.15) is 24.8 Å². The Hall–Kier alpha value is -2.77. The number of nitrogens with one attached hydrogen (secondary N) is 2. The third kappa shape index (κ3) is 6.14. The van der Waals surface area contributed by atoms with E-state index in [9.17, 15) is 22.8 Å². The molecule has 3 atom stereocenters. The minimum absolute atomic E-state index is 0.00556. The minimum atomic E-state index is -4.76. The van der Waals surface area contributed by atoms with Crippen molar-refractivity contribution in [1.29, 1.82) is 0 Å². The third-order valence-corrected chi connectivity index (χ3v) is 5.96. The number of hydrogen-bond acceptors (Lipinski definition) is 5. The molecule has 3 rings (SSSR count). The van der Waals surface area contributed by atoms with E-state index in [1.165, 1.54) is 18.2 Å². The van der Waals surface area contributed by atoms with Crippen LogP contribution in [0, 0.1) is 12.3 Å². The topological polar surface area (TPSA) is 73.9 Å². The van der Waals surface area contributed by atoms with Crippen LogP contribution in [0.5, 0.6) is 5.75 Å². The molecule has 0 radical (unpaired) electrons. The number of benzene rings is 1. The molecule has 10 heteroatoms. The molecule has 1 aromatic rings. The second-order valence-electron chi connectivity index (χ2n) is 8.05. The van der Waals surface area contributed by atoms with E-state index in [-0.39, 0.29) is 36.2 Å². The maximum Gasteiger partial charge on any atom is 0.573 e. The first-order chi connectivity index (χ1) is 15.2. The van der Waals surface area contributed by atoms with E-state index in [2.05, 4.69) is 26.2 Å². The standard InChI is InChI=1S/C22H27F3N4O3/c1-3-10-26-19(30)8-7-16-13-27-21(31)20-18(28(16)2)9-11-29(20)14-15-5-4-6-17(12-15)32-22(23,24)25/h1,4-6,12,16,18,20H,7-11,13-14H2,2H3,(H,26,30)(H,27,31). The lowest BCUT2D eigenvalue weighted by Gasteiger charge is -2.33. The molecule has 174 valence electrons. The zero-order chi connectivity index (χ0) is 23.3. The summed E-state index contributed by atoms with van der Waals surface area (Å²) >= 11 is 0. The molecule has 32 heavy (non-hydrogen) atoms. The van der Waals surface area contributed by atoms with Gasteiger partial charge in [0.2, 0.25) is 11.8 Å². The van der Waals surface area contributed by atoms with Gasteiger partial charge in [-0.2, -0.15) is 0 Å². The number of likely N-dealkylation sites (tertiary alicyclic amines) is 1. The van der Waals surface area contributed by atoms with Crippen molar-refractivity contribution in [2.24, 2.45) is 0 Å². The Morgan fingerprint density at radius 3 is 2.91 bits per heavy atom. The van der Waals surface area contributed by atoms with Gasteiger partial charge in [0, 0.05) is 38.1 Å². The largest absolute Gasteiger partial charge is 0.573 e. The van der Waals surface area contributed by atoms with Crippen LogP contribution in [-0.4, -0.2) is 72.8 Å². The summed E-state index contributed by atoms with van der Waals surface area (Å²) in [5.74, 6) is 1.84. The normalized spacial score (nSPS) is 24.2. The second-order valence-corrected chi connectivity index (χ2v) is 8.05. The molecule has 2 fully saturated rings. The van der Waals surface area contributed by atoms with Crippen molar-refractivity contribution in [3.8, 4) is 18.1 Å². The number of fused-ring (bicyclic) bond motifs is 1. The van der Waals surface area contributed by atoms with Crippen LogP contribution in [0.15, 0.2) is 24.3 Å². The van der Waals surface area contributed by atoms with E-state index in [4.69, 9.17) is 6.42 Å². The molecular weight excluding hydrogens is 425 g/mol. The van der Waals surface area contributed by atoms with Gasteiger partial charge < -0.3 is 15.4 Å². The Bertz CT molecular complexity index is 871. The molecule has 0 spiro atoms. The van der Waals surface area contributed by atoms with E-state index in [0.717, 1.165) is 6.42 Å². The lowest BCUT2D eigenvalue weighted by Crippen LogP contribution is -2.49. The van der Waals surface area contributed by atoms with Crippen LogP contribution < -0.4 is 15.4 Å². The Morgan fingerprint density at radius 1 is 1.41 bits per heavy atom. The molecule has 2 heterocycles. The number of likely N-dealkylation sites (N-methyl/N-ethyl adjacent to an activating group) is 1. The van der Waals surface area contributed by atoms with Crippen molar-refractivity contribution in [1.82, 2.24) is 20.4 Å². The van der Waals surface area contributed by atoms with Gasteiger partial charge in [-0.25, -0.2) is 0 Å². The number of terminal acetylenes is 1. The predicted octanol–water partition coefficient (Wildman–Crippen LogP) is 1.49. The van der Waals surface area contributed by atoms with Gasteiger partial charge in [0.05, 0.1) is 6.54 Å². The van der Waals surface area contributed by atoms with Gasteiger partial charge in [0.25, 0.3) is 0 Å². The maximum atomic E-state index is 12.9. The van der Waals surface area contributed by atoms with Gasteiger partial charge in [-0.05, 0) is 37.6 Å². The van der Waals surface area contributed by atoms with E-state index < -0.39 is 12.4 Å². The maximum absolute atomic E-state index is 12.9. The van der Waals surface area contributed by atoms with Gasteiger partial charge in [0.1, 0.15) is 11.8 Å². The van der Waals surface area contributed by atoms with Crippen molar-refractivity contribution in [2.75, 3.05) is 26.7 Å².